The van der Waals surface area contributed by atoms with Gasteiger partial charge < -0.3 is 4.79 Å². The van der Waals surface area contributed by atoms with Crippen molar-refractivity contribution in [3.05, 3.63) is 71.3 Å². The van der Waals surface area contributed by atoms with Gasteiger partial charge in [0.1, 0.15) is 6.29 Å². The molecule has 0 fully saturated rings. The van der Waals surface area contributed by atoms with Crippen LogP contribution in [0.4, 0.5) is 0 Å². The molecule has 1 unspecified atom stereocenters. The van der Waals surface area contributed by atoms with Crippen LogP contribution >= 0.6 is 0 Å². The molecule has 0 N–H and O–H groups in total. The van der Waals surface area contributed by atoms with Gasteiger partial charge in [-0.25, -0.2) is 0 Å². The van der Waals surface area contributed by atoms with Crippen molar-refractivity contribution in [3.8, 4) is 0 Å². The Labute approximate surface area is 108 Å². The molecule has 2 rings (SSSR count). The van der Waals surface area contributed by atoms with E-state index >= 15 is 0 Å². The number of hydrogen-bond donors (Lipinski definition) is 0. The third-order valence-electron chi connectivity index (χ3n) is 2.91. The highest BCUT2D eigenvalue weighted by Crippen LogP contribution is 2.16. The molecule has 1 nitrogen and oxygen atoms in total. The molecule has 90 valence electrons. The third kappa shape index (κ3) is 3.17. The van der Waals surface area contributed by atoms with E-state index in [-0.39, 0.29) is 5.92 Å². The first kappa shape index (κ1) is 12.3. The largest absolute Gasteiger partial charge is 0.303 e. The molecule has 0 aliphatic rings. The highest BCUT2D eigenvalue weighted by molar-refractivity contribution is 5.70. The summed E-state index contributed by atoms with van der Waals surface area (Å²) in [6, 6.07) is 18.2. The summed E-state index contributed by atoms with van der Waals surface area (Å²) in [5.74, 6) is -0.0462. The van der Waals surface area contributed by atoms with Gasteiger partial charge in [0, 0.05) is 5.92 Å². The van der Waals surface area contributed by atoms with Crippen LogP contribution in [0, 0.1) is 0 Å². The van der Waals surface area contributed by atoms with Gasteiger partial charge in [0.2, 0.25) is 0 Å². The maximum atomic E-state index is 10.8. The molecule has 0 saturated heterocycles. The fourth-order valence-corrected chi connectivity index (χ4v) is 1.78. The van der Waals surface area contributed by atoms with Gasteiger partial charge in [-0.05, 0) is 16.7 Å². The molecule has 18 heavy (non-hydrogen) atoms. The van der Waals surface area contributed by atoms with E-state index in [1.807, 2.05) is 43.3 Å². The Morgan fingerprint density at radius 3 is 2.28 bits per heavy atom. The number of benzene rings is 2. The molecule has 0 saturated carbocycles. The number of aldehydes is 1. The molecule has 0 radical (unpaired) electrons. The van der Waals surface area contributed by atoms with Gasteiger partial charge in [-0.15, -0.1) is 0 Å². The fraction of sp³-hybridized carbons (Fsp3) is 0.118. The number of rotatable bonds is 4. The summed E-state index contributed by atoms with van der Waals surface area (Å²) in [7, 11) is 0. The van der Waals surface area contributed by atoms with Crippen LogP contribution in [-0.4, -0.2) is 6.29 Å². The van der Waals surface area contributed by atoms with Gasteiger partial charge in [0.25, 0.3) is 0 Å². The molecule has 0 spiro atoms. The lowest BCUT2D eigenvalue weighted by molar-refractivity contribution is -0.108. The summed E-state index contributed by atoms with van der Waals surface area (Å²) in [4.78, 5) is 10.8. The van der Waals surface area contributed by atoms with Crippen LogP contribution in [0.5, 0.6) is 0 Å². The van der Waals surface area contributed by atoms with E-state index in [2.05, 4.69) is 30.4 Å². The van der Waals surface area contributed by atoms with Gasteiger partial charge in [-0.3, -0.25) is 0 Å². The molecule has 0 aliphatic carbocycles. The summed E-state index contributed by atoms with van der Waals surface area (Å²) < 4.78 is 0. The van der Waals surface area contributed by atoms with E-state index in [0.29, 0.717) is 0 Å². The van der Waals surface area contributed by atoms with Crippen LogP contribution in [0.15, 0.2) is 54.6 Å². The van der Waals surface area contributed by atoms with Gasteiger partial charge in [-0.1, -0.05) is 73.7 Å². The minimum atomic E-state index is -0.0462. The van der Waals surface area contributed by atoms with Crippen LogP contribution in [0.1, 0.15) is 29.5 Å². The summed E-state index contributed by atoms with van der Waals surface area (Å²) in [6.45, 7) is 1.91. The summed E-state index contributed by atoms with van der Waals surface area (Å²) >= 11 is 0. The van der Waals surface area contributed by atoms with Crippen molar-refractivity contribution in [1.82, 2.24) is 0 Å². The lowest BCUT2D eigenvalue weighted by atomic mass is 10.00. The van der Waals surface area contributed by atoms with Crippen LogP contribution < -0.4 is 0 Å². The van der Waals surface area contributed by atoms with Crippen molar-refractivity contribution in [2.45, 2.75) is 12.8 Å². The Morgan fingerprint density at radius 2 is 1.56 bits per heavy atom. The Kier molecular flexibility index (Phi) is 4.08. The number of carbonyl (C=O) groups excluding carboxylic acids is 1. The monoisotopic (exact) mass is 236 g/mol. The molecular formula is C17H16O. The first-order valence-corrected chi connectivity index (χ1v) is 6.08. The second-order valence-corrected chi connectivity index (χ2v) is 4.34. The molecule has 1 heteroatoms. The van der Waals surface area contributed by atoms with Crippen molar-refractivity contribution in [1.29, 1.82) is 0 Å². The van der Waals surface area contributed by atoms with E-state index in [4.69, 9.17) is 0 Å². The quantitative estimate of drug-likeness (QED) is 0.575. The fourth-order valence-electron chi connectivity index (χ4n) is 1.78. The topological polar surface area (TPSA) is 17.1 Å². The molecule has 1 atom stereocenters. The predicted molar refractivity (Wildman–Crippen MR) is 76.3 cm³/mol. The molecule has 2 aromatic carbocycles. The van der Waals surface area contributed by atoms with Crippen LogP contribution in [0.2, 0.25) is 0 Å². The van der Waals surface area contributed by atoms with Gasteiger partial charge in [-0.2, -0.15) is 0 Å². The van der Waals surface area contributed by atoms with Crippen LogP contribution in [0.25, 0.3) is 12.2 Å². The summed E-state index contributed by atoms with van der Waals surface area (Å²) in [5.41, 5.74) is 3.34. The van der Waals surface area contributed by atoms with Crippen molar-refractivity contribution in [3.63, 3.8) is 0 Å². The lowest BCUT2D eigenvalue weighted by Crippen LogP contribution is -1.93. The average molecular weight is 236 g/mol. The summed E-state index contributed by atoms with van der Waals surface area (Å²) in [5, 5.41) is 0. The van der Waals surface area contributed by atoms with Gasteiger partial charge in [0.15, 0.2) is 0 Å². The zero-order valence-corrected chi connectivity index (χ0v) is 10.4. The van der Waals surface area contributed by atoms with Crippen molar-refractivity contribution in [2.24, 2.45) is 0 Å². The molecular weight excluding hydrogens is 220 g/mol. The van der Waals surface area contributed by atoms with Crippen molar-refractivity contribution >= 4 is 18.4 Å². The molecule has 0 aliphatic heterocycles. The Morgan fingerprint density at radius 1 is 0.889 bits per heavy atom. The Hall–Kier alpha value is -2.15. The standard InChI is InChI=1S/C17H16O/c1-14(13-18)17-9-5-8-16(12-17)11-10-15-6-3-2-4-7-15/h2-14H,1H3. The lowest BCUT2D eigenvalue weighted by Gasteiger charge is -2.04. The van der Waals surface area contributed by atoms with E-state index in [0.717, 1.165) is 17.4 Å². The SMILES string of the molecule is CC(C=O)c1cccc(C=Cc2ccccc2)c1. The smallest absolute Gasteiger partial charge is 0.127 e. The van der Waals surface area contributed by atoms with E-state index in [1.165, 1.54) is 5.56 Å². The zero-order valence-electron chi connectivity index (χ0n) is 10.4. The van der Waals surface area contributed by atoms with Crippen molar-refractivity contribution in [2.75, 3.05) is 0 Å². The maximum Gasteiger partial charge on any atom is 0.127 e. The van der Waals surface area contributed by atoms with E-state index in [1.54, 1.807) is 0 Å². The molecule has 0 bridgehead atoms. The third-order valence-corrected chi connectivity index (χ3v) is 2.91. The second kappa shape index (κ2) is 5.97. The summed E-state index contributed by atoms with van der Waals surface area (Å²) in [6.07, 6.45) is 5.11. The molecule has 2 aromatic rings. The van der Waals surface area contributed by atoms with Crippen molar-refractivity contribution < 1.29 is 4.79 Å². The average Bonchev–Trinajstić information content (AvgIpc) is 2.45. The highest BCUT2D eigenvalue weighted by Gasteiger charge is 2.02. The van der Waals surface area contributed by atoms with E-state index in [9.17, 15) is 4.79 Å². The normalized spacial score (nSPS) is 12.5. The van der Waals surface area contributed by atoms with Gasteiger partial charge in [0.05, 0.1) is 0 Å². The van der Waals surface area contributed by atoms with E-state index < -0.39 is 0 Å². The zero-order chi connectivity index (χ0) is 12.8. The first-order chi connectivity index (χ1) is 8.79. The van der Waals surface area contributed by atoms with Crippen LogP contribution in [-0.2, 0) is 4.79 Å². The predicted octanol–water partition coefficient (Wildman–Crippen LogP) is 4.16. The number of carbonyl (C=O) groups is 1. The highest BCUT2D eigenvalue weighted by atomic mass is 16.1. The first-order valence-electron chi connectivity index (χ1n) is 6.08. The Balaban J connectivity index is 2.19. The maximum absolute atomic E-state index is 10.8. The molecule has 0 aromatic heterocycles. The minimum absolute atomic E-state index is 0.0462. The number of hydrogen-bond acceptors (Lipinski definition) is 1. The minimum Gasteiger partial charge on any atom is -0.303 e. The van der Waals surface area contributed by atoms with Crippen LogP contribution in [0.3, 0.4) is 0 Å². The molecule has 0 heterocycles. The second-order valence-electron chi connectivity index (χ2n) is 4.34. The molecule has 0 amide bonds. The van der Waals surface area contributed by atoms with Gasteiger partial charge >= 0.3 is 0 Å². The Bertz CT molecular complexity index is 541.